The Kier molecular flexibility index (Phi) is 8.63. The molecule has 1 aromatic heterocycles. The van der Waals surface area contributed by atoms with Crippen LogP contribution in [-0.4, -0.2) is 29.2 Å². The molecule has 45 heavy (non-hydrogen) atoms. The number of benzene rings is 4. The zero-order valence-corrected chi connectivity index (χ0v) is 25.6. The van der Waals surface area contributed by atoms with Gasteiger partial charge >= 0.3 is 0 Å². The van der Waals surface area contributed by atoms with Crippen molar-refractivity contribution in [2.75, 3.05) is 12.0 Å². The van der Waals surface area contributed by atoms with Crippen molar-refractivity contribution in [3.63, 3.8) is 0 Å². The molecule has 1 unspecified atom stereocenters. The van der Waals surface area contributed by atoms with E-state index >= 15 is 0 Å². The van der Waals surface area contributed by atoms with Gasteiger partial charge in [-0.3, -0.25) is 9.59 Å². The number of nitrogens with zero attached hydrogens (tertiary/aromatic N) is 3. The molecule has 222 valence electrons. The third kappa shape index (κ3) is 6.30. The first-order valence-corrected chi connectivity index (χ1v) is 15.3. The highest BCUT2D eigenvalue weighted by atomic mass is 32.2. The molecule has 0 saturated carbocycles. The molecule has 5 aromatic rings. The molecule has 1 fully saturated rings. The summed E-state index contributed by atoms with van der Waals surface area (Å²) < 4.78 is 11.8. The van der Waals surface area contributed by atoms with Gasteiger partial charge in [0.1, 0.15) is 17.7 Å². The number of imide groups is 1. The fraction of sp³-hybridized carbons (Fsp3) is 0.135. The van der Waals surface area contributed by atoms with Crippen LogP contribution < -0.4 is 14.4 Å². The fourth-order valence-corrected chi connectivity index (χ4v) is 6.31. The van der Waals surface area contributed by atoms with Gasteiger partial charge in [0.05, 0.1) is 29.3 Å². The quantitative estimate of drug-likeness (QED) is 0.158. The summed E-state index contributed by atoms with van der Waals surface area (Å²) in [6.45, 7) is 2.32. The van der Waals surface area contributed by atoms with Crippen molar-refractivity contribution in [1.29, 1.82) is 5.26 Å². The van der Waals surface area contributed by atoms with Crippen LogP contribution in [0.5, 0.6) is 11.5 Å². The number of methoxy groups -OCH3 is 1. The number of thioether (sulfide) groups is 1. The van der Waals surface area contributed by atoms with Gasteiger partial charge in [0.15, 0.2) is 11.5 Å². The number of aromatic nitrogens is 1. The molecule has 8 heteroatoms. The van der Waals surface area contributed by atoms with E-state index in [1.165, 1.54) is 4.90 Å². The highest BCUT2D eigenvalue weighted by Crippen LogP contribution is 2.41. The summed E-state index contributed by atoms with van der Waals surface area (Å²) in [6, 6.07) is 36.5. The van der Waals surface area contributed by atoms with Crippen LogP contribution in [0.25, 0.3) is 22.4 Å². The van der Waals surface area contributed by atoms with Crippen LogP contribution in [0.3, 0.4) is 0 Å². The highest BCUT2D eigenvalue weighted by Gasteiger charge is 2.41. The summed E-state index contributed by atoms with van der Waals surface area (Å²) >= 11 is 1.15. The van der Waals surface area contributed by atoms with Crippen molar-refractivity contribution < 1.29 is 19.1 Å². The molecule has 1 aliphatic heterocycles. The van der Waals surface area contributed by atoms with Crippen LogP contribution in [0.1, 0.15) is 23.1 Å². The molecule has 7 nitrogen and oxygen atoms in total. The zero-order chi connectivity index (χ0) is 31.3. The molecule has 0 spiro atoms. The smallest absolute Gasteiger partial charge is 0.247 e. The van der Waals surface area contributed by atoms with Crippen LogP contribution >= 0.6 is 11.8 Å². The monoisotopic (exact) mass is 611 g/mol. The average molecular weight is 612 g/mol. The number of aryl methyl sites for hydroxylation is 1. The lowest BCUT2D eigenvalue weighted by molar-refractivity contribution is -0.121. The number of carbonyl (C=O) groups is 2. The molecule has 0 aliphatic carbocycles. The van der Waals surface area contributed by atoms with Gasteiger partial charge in [-0.15, -0.1) is 0 Å². The van der Waals surface area contributed by atoms with E-state index in [9.17, 15) is 14.9 Å². The Balaban J connectivity index is 1.37. The van der Waals surface area contributed by atoms with Crippen LogP contribution in [-0.2, 0) is 16.2 Å². The molecular formula is C37H29N3O4S. The van der Waals surface area contributed by atoms with E-state index in [4.69, 9.17) is 14.5 Å². The Morgan fingerprint density at radius 3 is 2.29 bits per heavy atom. The Morgan fingerprint density at radius 1 is 0.889 bits per heavy atom. The maximum Gasteiger partial charge on any atom is 0.247 e. The number of hydrogen-bond acceptors (Lipinski definition) is 7. The molecule has 2 amide bonds. The number of amides is 2. The average Bonchev–Trinajstić information content (AvgIpc) is 3.36. The van der Waals surface area contributed by atoms with Gasteiger partial charge in [-0.05, 0) is 48.4 Å². The predicted octanol–water partition coefficient (Wildman–Crippen LogP) is 7.61. The number of ether oxygens (including phenoxy) is 2. The maximum absolute atomic E-state index is 13.5. The Bertz CT molecular complexity index is 1910. The normalized spacial score (nSPS) is 14.3. The van der Waals surface area contributed by atoms with E-state index in [-0.39, 0.29) is 18.2 Å². The minimum Gasteiger partial charge on any atom is -0.493 e. The summed E-state index contributed by atoms with van der Waals surface area (Å²) in [6.07, 6.45) is 0.0100. The van der Waals surface area contributed by atoms with Crippen LogP contribution in [0, 0.1) is 18.3 Å². The molecule has 0 N–H and O–H groups in total. The minimum absolute atomic E-state index is 0.0100. The number of nitriles is 1. The van der Waals surface area contributed by atoms with Gasteiger partial charge in [-0.2, -0.15) is 5.26 Å². The van der Waals surface area contributed by atoms with Gasteiger partial charge in [-0.1, -0.05) is 96.2 Å². The van der Waals surface area contributed by atoms with Gasteiger partial charge < -0.3 is 9.47 Å². The molecule has 1 aliphatic rings. The van der Waals surface area contributed by atoms with Gasteiger partial charge in [0.2, 0.25) is 11.8 Å². The van der Waals surface area contributed by atoms with Crippen molar-refractivity contribution in [3.05, 3.63) is 126 Å². The van der Waals surface area contributed by atoms with Gasteiger partial charge in [-0.25, -0.2) is 9.88 Å². The molecule has 6 rings (SSSR count). The lowest BCUT2D eigenvalue weighted by Crippen LogP contribution is -2.31. The maximum atomic E-state index is 13.5. The number of pyridine rings is 1. The van der Waals surface area contributed by atoms with E-state index in [0.717, 1.165) is 34.0 Å². The molecule has 0 radical (unpaired) electrons. The van der Waals surface area contributed by atoms with Crippen molar-refractivity contribution in [1.82, 2.24) is 4.98 Å². The van der Waals surface area contributed by atoms with E-state index < -0.39 is 5.25 Å². The second kappa shape index (κ2) is 13.1. The lowest BCUT2D eigenvalue weighted by Gasteiger charge is -2.17. The fourth-order valence-electron chi connectivity index (χ4n) is 5.19. The largest absolute Gasteiger partial charge is 0.493 e. The van der Waals surface area contributed by atoms with E-state index in [1.807, 2.05) is 104 Å². The van der Waals surface area contributed by atoms with Crippen molar-refractivity contribution in [2.24, 2.45) is 0 Å². The van der Waals surface area contributed by atoms with Crippen molar-refractivity contribution in [3.8, 4) is 40.0 Å². The summed E-state index contributed by atoms with van der Waals surface area (Å²) in [5, 5.41) is 10.1. The summed E-state index contributed by atoms with van der Waals surface area (Å²) in [5.41, 5.74) is 5.77. The zero-order valence-electron chi connectivity index (χ0n) is 24.8. The third-order valence-corrected chi connectivity index (χ3v) is 8.70. The standard InChI is InChI=1S/C37H29N3O4S/c1-24-13-16-28(17-14-24)40-35(41)21-34(37(40)42)45-36-30(22-38)29(20-31(39-36)26-11-7-4-8-12-26)27-15-18-32(33(19-27)43-2)44-23-25-9-5-3-6-10-25/h3-20,34H,21,23H2,1-2H3. The van der Waals surface area contributed by atoms with E-state index in [1.54, 1.807) is 19.2 Å². The first-order valence-electron chi connectivity index (χ1n) is 14.4. The number of carbonyl (C=O) groups excluding carboxylic acids is 2. The molecule has 0 bridgehead atoms. The van der Waals surface area contributed by atoms with Crippen molar-refractivity contribution in [2.45, 2.75) is 30.2 Å². The second-order valence-corrected chi connectivity index (χ2v) is 11.8. The summed E-state index contributed by atoms with van der Waals surface area (Å²) in [5.74, 6) is 0.481. The lowest BCUT2D eigenvalue weighted by atomic mass is 9.99. The number of hydrogen-bond donors (Lipinski definition) is 0. The molecule has 2 heterocycles. The molecule has 1 saturated heterocycles. The topological polar surface area (TPSA) is 92.5 Å². The van der Waals surface area contributed by atoms with Crippen LogP contribution in [0.2, 0.25) is 0 Å². The SMILES string of the molecule is COc1cc(-c2cc(-c3ccccc3)nc(SC3CC(=O)N(c4ccc(C)cc4)C3=O)c2C#N)ccc1OCc1ccccc1. The number of anilines is 1. The van der Waals surface area contributed by atoms with Gasteiger partial charge in [0.25, 0.3) is 0 Å². The summed E-state index contributed by atoms with van der Waals surface area (Å²) in [4.78, 5) is 32.7. The van der Waals surface area contributed by atoms with Gasteiger partial charge in [0, 0.05) is 17.5 Å². The van der Waals surface area contributed by atoms with E-state index in [2.05, 4.69) is 6.07 Å². The third-order valence-electron chi connectivity index (χ3n) is 7.53. The predicted molar refractivity (Wildman–Crippen MR) is 175 cm³/mol. The Labute approximate surface area is 266 Å². The molecular weight excluding hydrogens is 582 g/mol. The Hall–Kier alpha value is -5.39. The first kappa shape index (κ1) is 29.7. The Morgan fingerprint density at radius 2 is 1.60 bits per heavy atom. The van der Waals surface area contributed by atoms with E-state index in [0.29, 0.717) is 45.6 Å². The highest BCUT2D eigenvalue weighted by molar-refractivity contribution is 8.00. The molecule has 1 atom stereocenters. The first-order chi connectivity index (χ1) is 21.9. The summed E-state index contributed by atoms with van der Waals surface area (Å²) in [7, 11) is 1.57. The number of rotatable bonds is 9. The van der Waals surface area contributed by atoms with Crippen LogP contribution in [0.4, 0.5) is 5.69 Å². The van der Waals surface area contributed by atoms with Crippen molar-refractivity contribution >= 4 is 29.3 Å². The van der Waals surface area contributed by atoms with Crippen LogP contribution in [0.15, 0.2) is 114 Å². The molecule has 4 aromatic carbocycles. The minimum atomic E-state index is -0.722. The second-order valence-electron chi connectivity index (χ2n) is 10.6.